The van der Waals surface area contributed by atoms with Crippen LogP contribution in [-0.2, 0) is 0 Å². The molecule has 1 aromatic rings. The molecule has 5 heteroatoms. The lowest BCUT2D eigenvalue weighted by atomic mass is 9.92. The van der Waals surface area contributed by atoms with Crippen LogP contribution in [0, 0.1) is 18.7 Å². The molecule has 0 spiro atoms. The Hall–Kier alpha value is -0.770. The second-order valence-electron chi connectivity index (χ2n) is 4.82. The van der Waals surface area contributed by atoms with Gasteiger partial charge in [0, 0.05) is 0 Å². The summed E-state index contributed by atoms with van der Waals surface area (Å²) in [6.07, 6.45) is -3.44. The number of alkyl halides is 3. The number of halogens is 5. The fourth-order valence-corrected chi connectivity index (χ4v) is 2.84. The van der Waals surface area contributed by atoms with E-state index >= 15 is 0 Å². The quantitative estimate of drug-likeness (QED) is 0.618. The molecule has 0 heterocycles. The molecular formula is C13H13ClF4. The minimum absolute atomic E-state index is 0.0166. The Morgan fingerprint density at radius 2 is 1.89 bits per heavy atom. The van der Waals surface area contributed by atoms with E-state index in [2.05, 4.69) is 0 Å². The second kappa shape index (κ2) is 4.72. The summed E-state index contributed by atoms with van der Waals surface area (Å²) < 4.78 is 51.0. The van der Waals surface area contributed by atoms with Crippen LogP contribution in [0.25, 0.3) is 0 Å². The molecule has 1 fully saturated rings. The minimum Gasteiger partial charge on any atom is -0.205 e. The summed E-state index contributed by atoms with van der Waals surface area (Å²) in [5.74, 6) is -1.94. The van der Waals surface area contributed by atoms with E-state index in [0.717, 1.165) is 5.56 Å². The standard InChI is InChI=1S/C13H13ClF4/c1-7-10(4-5-11(15)12(7)14)8-2-3-9(6-8)13(16,17)18/h4-5,8-9H,2-3,6H2,1H3. The lowest BCUT2D eigenvalue weighted by Gasteiger charge is -2.17. The first-order valence-corrected chi connectivity index (χ1v) is 6.19. The van der Waals surface area contributed by atoms with Crippen molar-refractivity contribution < 1.29 is 17.6 Å². The van der Waals surface area contributed by atoms with Gasteiger partial charge in [-0.05, 0) is 49.3 Å². The van der Waals surface area contributed by atoms with Gasteiger partial charge in [-0.3, -0.25) is 0 Å². The van der Waals surface area contributed by atoms with Crippen LogP contribution in [0.15, 0.2) is 12.1 Å². The monoisotopic (exact) mass is 280 g/mol. The molecule has 1 aliphatic rings. The van der Waals surface area contributed by atoms with Crippen molar-refractivity contribution in [2.75, 3.05) is 0 Å². The van der Waals surface area contributed by atoms with E-state index in [9.17, 15) is 17.6 Å². The molecule has 0 amide bonds. The molecule has 2 unspecified atom stereocenters. The normalized spacial score (nSPS) is 24.6. The minimum atomic E-state index is -4.13. The van der Waals surface area contributed by atoms with Crippen molar-refractivity contribution in [3.63, 3.8) is 0 Å². The summed E-state index contributed by atoms with van der Waals surface area (Å²) in [4.78, 5) is 0. The molecule has 0 N–H and O–H groups in total. The first-order chi connectivity index (χ1) is 8.30. The maximum atomic E-state index is 13.2. The summed E-state index contributed by atoms with van der Waals surface area (Å²) in [6.45, 7) is 1.65. The van der Waals surface area contributed by atoms with Crippen molar-refractivity contribution in [1.29, 1.82) is 0 Å². The average Bonchev–Trinajstić information content (AvgIpc) is 2.75. The molecule has 18 heavy (non-hydrogen) atoms. The van der Waals surface area contributed by atoms with Crippen molar-refractivity contribution in [1.82, 2.24) is 0 Å². The van der Waals surface area contributed by atoms with Crippen molar-refractivity contribution in [2.24, 2.45) is 5.92 Å². The van der Waals surface area contributed by atoms with Gasteiger partial charge in [-0.2, -0.15) is 13.2 Å². The largest absolute Gasteiger partial charge is 0.391 e. The van der Waals surface area contributed by atoms with E-state index in [4.69, 9.17) is 11.6 Å². The van der Waals surface area contributed by atoms with Gasteiger partial charge in [0.2, 0.25) is 0 Å². The summed E-state index contributed by atoms with van der Waals surface area (Å²) in [5.41, 5.74) is 1.30. The predicted octanol–water partition coefficient (Wildman–Crippen LogP) is 5.23. The van der Waals surface area contributed by atoms with Crippen LogP contribution < -0.4 is 0 Å². The van der Waals surface area contributed by atoms with Gasteiger partial charge in [0.1, 0.15) is 5.82 Å². The van der Waals surface area contributed by atoms with Crippen LogP contribution in [0.4, 0.5) is 17.6 Å². The van der Waals surface area contributed by atoms with Crippen molar-refractivity contribution >= 4 is 11.6 Å². The van der Waals surface area contributed by atoms with E-state index in [1.807, 2.05) is 0 Å². The molecule has 0 aliphatic heterocycles. The zero-order valence-electron chi connectivity index (χ0n) is 9.82. The van der Waals surface area contributed by atoms with Crippen LogP contribution >= 0.6 is 11.6 Å². The summed E-state index contributed by atoms with van der Waals surface area (Å²) in [5, 5.41) is 0.0166. The molecule has 0 bridgehead atoms. The van der Waals surface area contributed by atoms with Crippen molar-refractivity contribution in [3.05, 3.63) is 34.1 Å². The number of hydrogen-bond donors (Lipinski definition) is 0. The Balaban J connectivity index is 2.23. The molecule has 1 saturated carbocycles. The van der Waals surface area contributed by atoms with Crippen LogP contribution in [0.5, 0.6) is 0 Å². The van der Waals surface area contributed by atoms with Crippen LogP contribution in [0.3, 0.4) is 0 Å². The molecule has 100 valence electrons. The Labute approximate surface area is 108 Å². The number of benzene rings is 1. The Kier molecular flexibility index (Phi) is 3.58. The number of hydrogen-bond acceptors (Lipinski definition) is 0. The van der Waals surface area contributed by atoms with Crippen molar-refractivity contribution in [3.8, 4) is 0 Å². The van der Waals surface area contributed by atoms with Crippen LogP contribution in [-0.4, -0.2) is 6.18 Å². The first-order valence-electron chi connectivity index (χ1n) is 5.82. The van der Waals surface area contributed by atoms with E-state index < -0.39 is 17.9 Å². The Morgan fingerprint density at radius 3 is 2.44 bits per heavy atom. The van der Waals surface area contributed by atoms with Gasteiger partial charge >= 0.3 is 6.18 Å². The third-order valence-corrected chi connectivity index (χ3v) is 4.18. The maximum Gasteiger partial charge on any atom is 0.391 e. The van der Waals surface area contributed by atoms with Crippen LogP contribution in [0.1, 0.15) is 36.3 Å². The predicted molar refractivity (Wildman–Crippen MR) is 62.3 cm³/mol. The third-order valence-electron chi connectivity index (χ3n) is 3.72. The average molecular weight is 281 g/mol. The van der Waals surface area contributed by atoms with Gasteiger partial charge in [0.15, 0.2) is 0 Å². The molecule has 0 nitrogen and oxygen atoms in total. The van der Waals surface area contributed by atoms with Gasteiger partial charge in [-0.1, -0.05) is 17.7 Å². The van der Waals surface area contributed by atoms with Gasteiger partial charge < -0.3 is 0 Å². The van der Waals surface area contributed by atoms with Crippen molar-refractivity contribution in [2.45, 2.75) is 38.3 Å². The zero-order chi connectivity index (χ0) is 13.5. The van der Waals surface area contributed by atoms with Crippen LogP contribution in [0.2, 0.25) is 5.02 Å². The molecule has 0 aromatic heterocycles. The molecule has 1 aromatic carbocycles. The van der Waals surface area contributed by atoms with Gasteiger partial charge in [0.25, 0.3) is 0 Å². The summed E-state index contributed by atoms with van der Waals surface area (Å²) in [7, 11) is 0. The van der Waals surface area contributed by atoms with Gasteiger partial charge in [0.05, 0.1) is 10.9 Å². The summed E-state index contributed by atoms with van der Waals surface area (Å²) in [6, 6.07) is 2.78. The molecule has 2 atom stereocenters. The first kappa shape index (κ1) is 13.7. The number of rotatable bonds is 1. The smallest absolute Gasteiger partial charge is 0.205 e. The highest BCUT2D eigenvalue weighted by atomic mass is 35.5. The van der Waals surface area contributed by atoms with Gasteiger partial charge in [-0.15, -0.1) is 0 Å². The third kappa shape index (κ3) is 2.48. The van der Waals surface area contributed by atoms with E-state index in [0.29, 0.717) is 12.0 Å². The highest BCUT2D eigenvalue weighted by molar-refractivity contribution is 6.31. The maximum absolute atomic E-state index is 13.2. The molecule has 2 rings (SSSR count). The van der Waals surface area contributed by atoms with Gasteiger partial charge in [-0.25, -0.2) is 4.39 Å². The highest BCUT2D eigenvalue weighted by Crippen LogP contribution is 2.47. The zero-order valence-corrected chi connectivity index (χ0v) is 10.6. The topological polar surface area (TPSA) is 0 Å². The lowest BCUT2D eigenvalue weighted by Crippen LogP contribution is -2.19. The molecule has 0 saturated heterocycles. The fourth-order valence-electron chi connectivity index (χ4n) is 2.67. The van der Waals surface area contributed by atoms with E-state index in [1.165, 1.54) is 6.07 Å². The summed E-state index contributed by atoms with van der Waals surface area (Å²) >= 11 is 5.79. The second-order valence-corrected chi connectivity index (χ2v) is 5.20. The Morgan fingerprint density at radius 1 is 1.22 bits per heavy atom. The molecule has 0 radical (unpaired) electrons. The fraction of sp³-hybridized carbons (Fsp3) is 0.538. The Bertz CT molecular complexity index is 453. The van der Waals surface area contributed by atoms with E-state index in [-0.39, 0.29) is 23.8 Å². The molecule has 1 aliphatic carbocycles. The SMILES string of the molecule is Cc1c(C2CCC(C(F)(F)F)C2)ccc(F)c1Cl. The van der Waals surface area contributed by atoms with E-state index in [1.54, 1.807) is 13.0 Å². The highest BCUT2D eigenvalue weighted by Gasteiger charge is 2.44. The molecular weight excluding hydrogens is 268 g/mol. The lowest BCUT2D eigenvalue weighted by molar-refractivity contribution is -0.172.